The maximum atomic E-state index is 12.6. The first-order valence-corrected chi connectivity index (χ1v) is 10.6. The van der Waals surface area contributed by atoms with Crippen molar-refractivity contribution in [2.75, 3.05) is 52.2 Å². The molecule has 170 valence electrons. The van der Waals surface area contributed by atoms with Gasteiger partial charge in [0.25, 0.3) is 5.91 Å². The molecule has 0 atom stereocenters. The number of aliphatic carboxylic acids is 1. The highest BCUT2D eigenvalue weighted by Gasteiger charge is 2.14. The van der Waals surface area contributed by atoms with Crippen LogP contribution in [0, 0.1) is 5.92 Å². The second kappa shape index (κ2) is 14.6. The molecule has 30 heavy (non-hydrogen) atoms. The zero-order chi connectivity index (χ0) is 22.4. The number of carboxylic acids is 1. The molecule has 0 radical (unpaired) electrons. The Balaban J connectivity index is 2.40. The van der Waals surface area contributed by atoms with Crippen molar-refractivity contribution in [3.8, 4) is 5.75 Å². The number of unbranched alkanes of at least 4 members (excludes halogenated alkanes) is 1. The quantitative estimate of drug-likeness (QED) is 0.278. The van der Waals surface area contributed by atoms with Crippen molar-refractivity contribution in [3.05, 3.63) is 24.3 Å². The van der Waals surface area contributed by atoms with Gasteiger partial charge in [-0.3, -0.25) is 14.6 Å². The van der Waals surface area contributed by atoms with E-state index in [-0.39, 0.29) is 18.9 Å². The largest absolute Gasteiger partial charge is 0.494 e. The molecule has 0 bridgehead atoms. The summed E-state index contributed by atoms with van der Waals surface area (Å²) in [4.78, 5) is 25.3. The second-order valence-electron chi connectivity index (χ2n) is 8.04. The maximum Gasteiger partial charge on any atom is 0.303 e. The molecule has 1 rings (SSSR count). The number of anilines is 1. The van der Waals surface area contributed by atoms with Gasteiger partial charge in [0.05, 0.1) is 13.2 Å². The summed E-state index contributed by atoms with van der Waals surface area (Å²) >= 11 is 0. The molecule has 1 amide bonds. The Morgan fingerprint density at radius 1 is 1.10 bits per heavy atom. The summed E-state index contributed by atoms with van der Waals surface area (Å²) < 4.78 is 5.52. The number of hydrogen-bond donors (Lipinski definition) is 3. The number of nitrogens with one attached hydrogen (secondary N) is 2. The summed E-state index contributed by atoms with van der Waals surface area (Å²) in [6.07, 6.45) is 2.67. The minimum Gasteiger partial charge on any atom is -0.494 e. The molecule has 0 aliphatic rings. The maximum absolute atomic E-state index is 12.6. The molecular weight excluding hydrogens is 384 g/mol. The van der Waals surface area contributed by atoms with Gasteiger partial charge in [0.2, 0.25) is 0 Å². The molecule has 1 aromatic carbocycles. The van der Waals surface area contributed by atoms with E-state index in [0.717, 1.165) is 31.6 Å². The Morgan fingerprint density at radius 3 is 2.40 bits per heavy atom. The van der Waals surface area contributed by atoms with Crippen LogP contribution in [-0.2, 0) is 9.59 Å². The van der Waals surface area contributed by atoms with Gasteiger partial charge in [-0.15, -0.1) is 0 Å². The van der Waals surface area contributed by atoms with Gasteiger partial charge >= 0.3 is 5.97 Å². The van der Waals surface area contributed by atoms with Crippen LogP contribution in [0.4, 0.5) is 5.69 Å². The van der Waals surface area contributed by atoms with Crippen LogP contribution in [0.3, 0.4) is 0 Å². The Hall–Kier alpha value is -2.32. The van der Waals surface area contributed by atoms with E-state index in [1.54, 1.807) is 5.01 Å². The summed E-state index contributed by atoms with van der Waals surface area (Å²) in [5, 5.41) is 13.5. The van der Waals surface area contributed by atoms with Gasteiger partial charge in [-0.05, 0) is 70.1 Å². The molecule has 0 aliphatic carbocycles. The lowest BCUT2D eigenvalue weighted by molar-refractivity contribution is -0.137. The third-order valence-electron chi connectivity index (χ3n) is 4.29. The summed E-state index contributed by atoms with van der Waals surface area (Å²) in [6.45, 7) is 7.24. The predicted molar refractivity (Wildman–Crippen MR) is 120 cm³/mol. The van der Waals surface area contributed by atoms with E-state index < -0.39 is 5.97 Å². The first kappa shape index (κ1) is 25.7. The van der Waals surface area contributed by atoms with Gasteiger partial charge in [0, 0.05) is 25.2 Å². The van der Waals surface area contributed by atoms with Gasteiger partial charge in [-0.25, -0.2) is 5.43 Å². The Labute approximate surface area is 180 Å². The molecule has 0 heterocycles. The van der Waals surface area contributed by atoms with Gasteiger partial charge in [0.1, 0.15) is 5.75 Å². The summed E-state index contributed by atoms with van der Waals surface area (Å²) in [5.41, 5.74) is 4.10. The van der Waals surface area contributed by atoms with Crippen LogP contribution in [0.1, 0.15) is 39.5 Å². The molecule has 0 aliphatic heterocycles. The van der Waals surface area contributed by atoms with E-state index in [2.05, 4.69) is 43.6 Å². The highest BCUT2D eigenvalue weighted by atomic mass is 16.5. The smallest absolute Gasteiger partial charge is 0.303 e. The number of amides is 1. The van der Waals surface area contributed by atoms with Crippen LogP contribution in [0.5, 0.6) is 5.75 Å². The number of carboxylic acid groups (broad SMARTS) is 1. The van der Waals surface area contributed by atoms with E-state index in [9.17, 15) is 9.59 Å². The molecule has 3 N–H and O–H groups in total. The highest BCUT2D eigenvalue weighted by Crippen LogP contribution is 2.16. The first-order valence-electron chi connectivity index (χ1n) is 10.6. The number of carbonyl (C=O) groups excluding carboxylic acids is 1. The van der Waals surface area contributed by atoms with E-state index in [1.807, 2.05) is 24.3 Å². The van der Waals surface area contributed by atoms with Gasteiger partial charge in [0.15, 0.2) is 0 Å². The zero-order valence-electron chi connectivity index (χ0n) is 18.8. The third kappa shape index (κ3) is 12.3. The fourth-order valence-corrected chi connectivity index (χ4v) is 2.74. The van der Waals surface area contributed by atoms with Crippen molar-refractivity contribution in [2.24, 2.45) is 5.92 Å². The number of nitrogens with zero attached hydrogens (tertiary/aromatic N) is 2. The van der Waals surface area contributed by atoms with E-state index in [4.69, 9.17) is 9.84 Å². The number of benzene rings is 1. The summed E-state index contributed by atoms with van der Waals surface area (Å²) in [5.74, 6) is 0.238. The second-order valence-corrected chi connectivity index (χ2v) is 8.04. The molecule has 0 fully saturated rings. The standard InChI is InChI=1S/C22H38N4O4/c1-18(2)17-26(24-13-5-6-14-25(3)4)21(27)16-23-19-9-11-20(12-10-19)30-15-7-8-22(28)29/h9-12,18,23-24H,5-8,13-17H2,1-4H3,(H,28,29). The minimum absolute atomic E-state index is 0.00491. The van der Waals surface area contributed by atoms with Gasteiger partial charge in [-0.1, -0.05) is 13.8 Å². The molecule has 8 nitrogen and oxygen atoms in total. The number of hydrogen-bond acceptors (Lipinski definition) is 6. The van der Waals surface area contributed by atoms with Crippen molar-refractivity contribution in [1.29, 1.82) is 0 Å². The minimum atomic E-state index is -0.822. The fourth-order valence-electron chi connectivity index (χ4n) is 2.74. The average molecular weight is 423 g/mol. The third-order valence-corrected chi connectivity index (χ3v) is 4.29. The van der Waals surface area contributed by atoms with Crippen molar-refractivity contribution in [2.45, 2.75) is 39.5 Å². The van der Waals surface area contributed by atoms with Crippen LogP contribution in [0.2, 0.25) is 0 Å². The predicted octanol–water partition coefficient (Wildman–Crippen LogP) is 2.67. The van der Waals surface area contributed by atoms with E-state index in [1.165, 1.54) is 0 Å². The van der Waals surface area contributed by atoms with Crippen LogP contribution in [-0.4, -0.2) is 73.8 Å². The average Bonchev–Trinajstić information content (AvgIpc) is 2.68. The number of hydrazine groups is 1. The van der Waals surface area contributed by atoms with Crippen molar-refractivity contribution >= 4 is 17.6 Å². The SMILES string of the molecule is CC(C)CN(NCCCCN(C)C)C(=O)CNc1ccc(OCCCC(=O)O)cc1. The van der Waals surface area contributed by atoms with Crippen molar-refractivity contribution < 1.29 is 19.4 Å². The lowest BCUT2D eigenvalue weighted by Crippen LogP contribution is -2.47. The molecule has 0 spiro atoms. The van der Waals surface area contributed by atoms with Crippen molar-refractivity contribution in [1.82, 2.24) is 15.3 Å². The Morgan fingerprint density at radius 2 is 1.80 bits per heavy atom. The van der Waals surface area contributed by atoms with Crippen LogP contribution >= 0.6 is 0 Å². The lowest BCUT2D eigenvalue weighted by atomic mass is 10.2. The summed E-state index contributed by atoms with van der Waals surface area (Å²) in [6, 6.07) is 7.31. The molecule has 0 saturated heterocycles. The van der Waals surface area contributed by atoms with E-state index >= 15 is 0 Å². The van der Waals surface area contributed by atoms with Crippen LogP contribution in [0.25, 0.3) is 0 Å². The lowest BCUT2D eigenvalue weighted by Gasteiger charge is -2.26. The number of carbonyl (C=O) groups is 2. The molecule has 8 heteroatoms. The zero-order valence-corrected chi connectivity index (χ0v) is 18.8. The highest BCUT2D eigenvalue weighted by molar-refractivity contribution is 5.80. The normalized spacial score (nSPS) is 11.0. The van der Waals surface area contributed by atoms with Crippen LogP contribution < -0.4 is 15.5 Å². The first-order chi connectivity index (χ1) is 14.3. The summed E-state index contributed by atoms with van der Waals surface area (Å²) in [7, 11) is 4.12. The molecule has 0 aromatic heterocycles. The van der Waals surface area contributed by atoms with E-state index in [0.29, 0.717) is 31.2 Å². The Kier molecular flexibility index (Phi) is 12.5. The van der Waals surface area contributed by atoms with Gasteiger partial charge in [-0.2, -0.15) is 0 Å². The van der Waals surface area contributed by atoms with Crippen LogP contribution in [0.15, 0.2) is 24.3 Å². The van der Waals surface area contributed by atoms with Gasteiger partial charge < -0.3 is 20.1 Å². The number of ether oxygens (including phenoxy) is 1. The molecule has 1 aromatic rings. The molecule has 0 unspecified atom stereocenters. The number of rotatable bonds is 16. The molecule has 0 saturated carbocycles. The molecular formula is C22H38N4O4. The topological polar surface area (TPSA) is 94.1 Å². The fraction of sp³-hybridized carbons (Fsp3) is 0.636. The monoisotopic (exact) mass is 422 g/mol. The Bertz CT molecular complexity index is 620. The van der Waals surface area contributed by atoms with Crippen molar-refractivity contribution in [3.63, 3.8) is 0 Å².